The molecule has 0 amide bonds. The van der Waals surface area contributed by atoms with Crippen molar-refractivity contribution in [1.29, 1.82) is 0 Å². The van der Waals surface area contributed by atoms with Crippen LogP contribution in [0, 0.1) is 0 Å². The highest BCUT2D eigenvalue weighted by atomic mass is 16.5. The van der Waals surface area contributed by atoms with Crippen molar-refractivity contribution < 1.29 is 14.6 Å². The summed E-state index contributed by atoms with van der Waals surface area (Å²) >= 11 is 0. The van der Waals surface area contributed by atoms with Gasteiger partial charge in [-0.1, -0.05) is 174 Å². The van der Waals surface area contributed by atoms with Gasteiger partial charge in [-0.15, -0.1) is 0 Å². The lowest BCUT2D eigenvalue weighted by molar-refractivity contribution is -0.137. The molecule has 0 atom stereocenters. The van der Waals surface area contributed by atoms with Gasteiger partial charge in [-0.2, -0.15) is 0 Å². The number of aliphatic carboxylic acids is 1. The van der Waals surface area contributed by atoms with E-state index in [-0.39, 0.29) is 0 Å². The third-order valence-electron chi connectivity index (χ3n) is 7.82. The van der Waals surface area contributed by atoms with Gasteiger partial charge < -0.3 is 9.84 Å². The van der Waals surface area contributed by atoms with Crippen LogP contribution in [-0.4, -0.2) is 24.3 Å². The van der Waals surface area contributed by atoms with Crippen LogP contribution in [0.25, 0.3) is 0 Å². The molecule has 0 aromatic heterocycles. The average molecular weight is 525 g/mol. The molecule has 0 spiro atoms. The number of rotatable bonds is 33. The third-order valence-corrected chi connectivity index (χ3v) is 7.82. The number of hydrogen-bond donors (Lipinski definition) is 1. The summed E-state index contributed by atoms with van der Waals surface area (Å²) < 4.78 is 5.84. The highest BCUT2D eigenvalue weighted by molar-refractivity contribution is 5.66. The van der Waals surface area contributed by atoms with Crippen molar-refractivity contribution in [3.8, 4) is 0 Å². The van der Waals surface area contributed by atoms with Crippen LogP contribution >= 0.6 is 0 Å². The highest BCUT2D eigenvalue weighted by Crippen LogP contribution is 2.15. The van der Waals surface area contributed by atoms with Gasteiger partial charge >= 0.3 is 5.97 Å². The van der Waals surface area contributed by atoms with E-state index >= 15 is 0 Å². The maximum absolute atomic E-state index is 10.5. The van der Waals surface area contributed by atoms with Gasteiger partial charge in [-0.05, 0) is 19.3 Å². The molecule has 3 heteroatoms. The lowest BCUT2D eigenvalue weighted by Crippen LogP contribution is -1.97. The molecule has 0 fully saturated rings. The predicted octanol–water partition coefficient (Wildman–Crippen LogP) is 11.8. The van der Waals surface area contributed by atoms with Crippen molar-refractivity contribution in [2.24, 2.45) is 0 Å². The minimum Gasteiger partial charge on any atom is -0.481 e. The quantitative estimate of drug-likeness (QED) is 0.0868. The summed E-state index contributed by atoms with van der Waals surface area (Å²) in [5.41, 5.74) is 0. The summed E-state index contributed by atoms with van der Waals surface area (Å²) in [6, 6.07) is 0. The molecule has 0 radical (unpaired) electrons. The molecule has 0 aliphatic carbocycles. The van der Waals surface area contributed by atoms with Crippen molar-refractivity contribution in [2.45, 2.75) is 200 Å². The summed E-state index contributed by atoms with van der Waals surface area (Å²) in [7, 11) is 0. The summed E-state index contributed by atoms with van der Waals surface area (Å²) in [6.07, 6.45) is 39.7. The summed E-state index contributed by atoms with van der Waals surface area (Å²) in [5.74, 6) is -0.655. The molecule has 37 heavy (non-hydrogen) atoms. The lowest BCUT2D eigenvalue weighted by Gasteiger charge is -2.05. The van der Waals surface area contributed by atoms with E-state index in [1.807, 2.05) is 0 Å². The first-order valence-electron chi connectivity index (χ1n) is 17.1. The first kappa shape index (κ1) is 36.4. The van der Waals surface area contributed by atoms with E-state index in [9.17, 15) is 4.79 Å². The molecule has 222 valence electrons. The van der Waals surface area contributed by atoms with Gasteiger partial charge in [-0.25, -0.2) is 0 Å². The van der Waals surface area contributed by atoms with Crippen LogP contribution in [0.3, 0.4) is 0 Å². The molecular formula is C34H68O3. The Bertz CT molecular complexity index is 423. The Balaban J connectivity index is 3.02. The summed E-state index contributed by atoms with van der Waals surface area (Å²) in [5, 5.41) is 8.62. The van der Waals surface area contributed by atoms with E-state index in [0.29, 0.717) is 6.42 Å². The molecule has 0 aliphatic heterocycles. The van der Waals surface area contributed by atoms with Crippen LogP contribution < -0.4 is 0 Å². The lowest BCUT2D eigenvalue weighted by atomic mass is 10.0. The van der Waals surface area contributed by atoms with Crippen molar-refractivity contribution in [3.63, 3.8) is 0 Å². The largest absolute Gasteiger partial charge is 0.481 e. The number of ether oxygens (including phenoxy) is 1. The Labute approximate surface area is 233 Å². The van der Waals surface area contributed by atoms with Gasteiger partial charge in [0, 0.05) is 19.6 Å². The number of unbranched alkanes of at least 4 members (excludes halogenated alkanes) is 27. The first-order chi connectivity index (χ1) is 18.3. The van der Waals surface area contributed by atoms with E-state index in [2.05, 4.69) is 6.92 Å². The second-order valence-corrected chi connectivity index (χ2v) is 11.7. The second kappa shape index (κ2) is 33.5. The van der Waals surface area contributed by atoms with Crippen molar-refractivity contribution in [2.75, 3.05) is 13.2 Å². The van der Waals surface area contributed by atoms with Crippen LogP contribution in [0.1, 0.15) is 200 Å². The number of carboxylic acid groups (broad SMARTS) is 1. The van der Waals surface area contributed by atoms with E-state index in [0.717, 1.165) is 26.1 Å². The Morgan fingerprint density at radius 2 is 0.649 bits per heavy atom. The zero-order chi connectivity index (χ0) is 26.9. The molecule has 0 saturated heterocycles. The summed E-state index contributed by atoms with van der Waals surface area (Å²) in [6.45, 7) is 4.23. The number of carbonyl (C=O) groups is 1. The van der Waals surface area contributed by atoms with Crippen molar-refractivity contribution in [1.82, 2.24) is 0 Å². The molecule has 0 rings (SSSR count). The van der Waals surface area contributed by atoms with Crippen LogP contribution in [0.4, 0.5) is 0 Å². The topological polar surface area (TPSA) is 46.5 Å². The Hall–Kier alpha value is -0.570. The zero-order valence-corrected chi connectivity index (χ0v) is 25.4. The molecule has 0 aromatic carbocycles. The maximum Gasteiger partial charge on any atom is 0.303 e. The van der Waals surface area contributed by atoms with Gasteiger partial charge in [0.15, 0.2) is 0 Å². The van der Waals surface area contributed by atoms with Crippen LogP contribution in [-0.2, 0) is 9.53 Å². The van der Waals surface area contributed by atoms with Gasteiger partial charge in [-0.3, -0.25) is 4.79 Å². The Morgan fingerprint density at radius 1 is 0.405 bits per heavy atom. The van der Waals surface area contributed by atoms with E-state index in [4.69, 9.17) is 9.84 Å². The molecule has 0 bridgehead atoms. The molecular weight excluding hydrogens is 456 g/mol. The van der Waals surface area contributed by atoms with E-state index < -0.39 is 5.97 Å². The second-order valence-electron chi connectivity index (χ2n) is 11.7. The normalized spacial score (nSPS) is 11.4. The maximum atomic E-state index is 10.5. The molecule has 0 aliphatic rings. The van der Waals surface area contributed by atoms with Gasteiger partial charge in [0.25, 0.3) is 0 Å². The van der Waals surface area contributed by atoms with Gasteiger partial charge in [0.05, 0.1) is 0 Å². The number of hydrogen-bond acceptors (Lipinski definition) is 2. The standard InChI is InChI=1S/C34H68O3/c1-2-3-4-5-6-7-8-9-10-11-14-17-20-23-26-29-32-37-33-30-27-24-21-18-15-12-13-16-19-22-25-28-31-34(35)36/h2-33H2,1H3,(H,35,36). The fraction of sp³-hybridized carbons (Fsp3) is 0.971. The average Bonchev–Trinajstić information content (AvgIpc) is 2.89. The zero-order valence-electron chi connectivity index (χ0n) is 25.4. The molecule has 0 heterocycles. The van der Waals surface area contributed by atoms with Crippen LogP contribution in [0.5, 0.6) is 0 Å². The van der Waals surface area contributed by atoms with Crippen molar-refractivity contribution in [3.05, 3.63) is 0 Å². The van der Waals surface area contributed by atoms with E-state index in [1.165, 1.54) is 173 Å². The van der Waals surface area contributed by atoms with E-state index in [1.54, 1.807) is 0 Å². The predicted molar refractivity (Wildman–Crippen MR) is 163 cm³/mol. The minimum absolute atomic E-state index is 0.339. The Kier molecular flexibility index (Phi) is 32.9. The Morgan fingerprint density at radius 3 is 0.919 bits per heavy atom. The fourth-order valence-electron chi connectivity index (χ4n) is 5.28. The molecule has 0 unspecified atom stereocenters. The van der Waals surface area contributed by atoms with Gasteiger partial charge in [0.2, 0.25) is 0 Å². The van der Waals surface area contributed by atoms with Crippen LogP contribution in [0.2, 0.25) is 0 Å². The molecule has 3 nitrogen and oxygen atoms in total. The smallest absolute Gasteiger partial charge is 0.303 e. The molecule has 0 saturated carbocycles. The first-order valence-corrected chi connectivity index (χ1v) is 17.1. The minimum atomic E-state index is -0.655. The summed E-state index contributed by atoms with van der Waals surface area (Å²) in [4.78, 5) is 10.5. The highest BCUT2D eigenvalue weighted by Gasteiger charge is 1.98. The molecule has 1 N–H and O–H groups in total. The van der Waals surface area contributed by atoms with Crippen LogP contribution in [0.15, 0.2) is 0 Å². The molecule has 0 aromatic rings. The van der Waals surface area contributed by atoms with Crippen molar-refractivity contribution >= 4 is 5.97 Å². The number of carboxylic acids is 1. The third kappa shape index (κ3) is 35.4. The van der Waals surface area contributed by atoms with Gasteiger partial charge in [0.1, 0.15) is 0 Å². The monoisotopic (exact) mass is 525 g/mol. The fourth-order valence-corrected chi connectivity index (χ4v) is 5.28. The SMILES string of the molecule is CCCCCCCCCCCCCCCCCCOCCCCCCCCCCCCCCCC(=O)O.